The van der Waals surface area contributed by atoms with Crippen LogP contribution in [0.15, 0.2) is 0 Å². The molecule has 92 valence electrons. The van der Waals surface area contributed by atoms with Crippen LogP contribution in [0.3, 0.4) is 0 Å². The van der Waals surface area contributed by atoms with Gasteiger partial charge in [0.25, 0.3) is 0 Å². The summed E-state index contributed by atoms with van der Waals surface area (Å²) in [6.45, 7) is 0.424. The van der Waals surface area contributed by atoms with E-state index in [9.17, 15) is 4.79 Å². The van der Waals surface area contributed by atoms with E-state index in [1.54, 1.807) is 0 Å². The first-order valence-corrected chi connectivity index (χ1v) is 6.60. The monoisotopic (exact) mass is 226 g/mol. The first kappa shape index (κ1) is 11.9. The molecule has 0 spiro atoms. The zero-order valence-corrected chi connectivity index (χ0v) is 9.91. The summed E-state index contributed by atoms with van der Waals surface area (Å²) in [4.78, 5) is 10.9. The van der Waals surface area contributed by atoms with E-state index in [1.807, 2.05) is 0 Å². The predicted molar refractivity (Wildman–Crippen MR) is 61.4 cm³/mol. The molecule has 0 aromatic heterocycles. The molecule has 3 heteroatoms. The standard InChI is InChI=1S/C13H22O3/c14-12(15)13(10-16-13)9-5-8-11-6-3-1-2-4-7-11/h11H,1-10H2,(H,14,15). The maximum absolute atomic E-state index is 10.9. The molecule has 1 saturated heterocycles. The van der Waals surface area contributed by atoms with Crippen LogP contribution in [0.5, 0.6) is 0 Å². The van der Waals surface area contributed by atoms with Crippen LogP contribution in [0.25, 0.3) is 0 Å². The smallest absolute Gasteiger partial charge is 0.338 e. The largest absolute Gasteiger partial charge is 0.479 e. The van der Waals surface area contributed by atoms with Crippen molar-refractivity contribution in [2.24, 2.45) is 5.92 Å². The Morgan fingerprint density at radius 1 is 1.25 bits per heavy atom. The minimum atomic E-state index is -0.787. The number of rotatable bonds is 5. The van der Waals surface area contributed by atoms with Crippen molar-refractivity contribution in [3.8, 4) is 0 Å². The van der Waals surface area contributed by atoms with Gasteiger partial charge in [0.2, 0.25) is 0 Å². The van der Waals surface area contributed by atoms with Gasteiger partial charge >= 0.3 is 5.97 Å². The molecule has 0 amide bonds. The quantitative estimate of drug-likeness (QED) is 0.579. The SMILES string of the molecule is O=C(O)C1(CCCC2CCCCCC2)CO1. The van der Waals surface area contributed by atoms with Crippen LogP contribution in [0.4, 0.5) is 0 Å². The lowest BCUT2D eigenvalue weighted by molar-refractivity contribution is -0.143. The average molecular weight is 226 g/mol. The number of carboxylic acids is 1. The maximum atomic E-state index is 10.9. The fourth-order valence-electron chi connectivity index (χ4n) is 2.79. The van der Waals surface area contributed by atoms with Gasteiger partial charge in [0.05, 0.1) is 6.61 Å². The van der Waals surface area contributed by atoms with E-state index in [0.717, 1.165) is 12.3 Å². The van der Waals surface area contributed by atoms with E-state index in [2.05, 4.69) is 0 Å². The number of epoxide rings is 1. The summed E-state index contributed by atoms with van der Waals surface area (Å²) in [7, 11) is 0. The third-order valence-corrected chi connectivity index (χ3v) is 4.05. The second-order valence-corrected chi connectivity index (χ2v) is 5.34. The van der Waals surface area contributed by atoms with Gasteiger partial charge < -0.3 is 9.84 Å². The van der Waals surface area contributed by atoms with Crippen LogP contribution >= 0.6 is 0 Å². The van der Waals surface area contributed by atoms with E-state index >= 15 is 0 Å². The summed E-state index contributed by atoms with van der Waals surface area (Å²) in [5.41, 5.74) is -0.787. The Bertz CT molecular complexity index is 238. The highest BCUT2D eigenvalue weighted by Gasteiger charge is 2.51. The van der Waals surface area contributed by atoms with Crippen molar-refractivity contribution >= 4 is 5.97 Å². The van der Waals surface area contributed by atoms with Crippen LogP contribution < -0.4 is 0 Å². The minimum Gasteiger partial charge on any atom is -0.479 e. The third-order valence-electron chi connectivity index (χ3n) is 4.05. The number of aliphatic carboxylic acids is 1. The highest BCUT2D eigenvalue weighted by Crippen LogP contribution is 2.35. The Balaban J connectivity index is 1.65. The molecule has 1 unspecified atom stereocenters. The van der Waals surface area contributed by atoms with Crippen molar-refractivity contribution in [3.63, 3.8) is 0 Å². The first-order chi connectivity index (χ1) is 7.73. The Hall–Kier alpha value is -0.570. The Labute approximate surface area is 97.2 Å². The third kappa shape index (κ3) is 2.97. The molecule has 16 heavy (non-hydrogen) atoms. The van der Waals surface area contributed by atoms with Crippen molar-refractivity contribution < 1.29 is 14.6 Å². The number of carbonyl (C=O) groups is 1. The van der Waals surface area contributed by atoms with Gasteiger partial charge in [-0.15, -0.1) is 0 Å². The Morgan fingerprint density at radius 2 is 1.88 bits per heavy atom. The fourth-order valence-corrected chi connectivity index (χ4v) is 2.79. The molecule has 1 heterocycles. The number of carboxylic acid groups (broad SMARTS) is 1. The van der Waals surface area contributed by atoms with Crippen molar-refractivity contribution in [2.45, 2.75) is 63.4 Å². The molecule has 1 aliphatic carbocycles. The normalized spacial score (nSPS) is 31.0. The molecule has 3 nitrogen and oxygen atoms in total. The number of hydrogen-bond acceptors (Lipinski definition) is 2. The van der Waals surface area contributed by atoms with Gasteiger partial charge in [-0.3, -0.25) is 0 Å². The highest BCUT2D eigenvalue weighted by atomic mass is 16.6. The molecule has 0 bridgehead atoms. The van der Waals surface area contributed by atoms with Crippen molar-refractivity contribution in [1.82, 2.24) is 0 Å². The molecule has 1 aliphatic heterocycles. The summed E-state index contributed by atoms with van der Waals surface area (Å²) in [5, 5.41) is 8.96. The molecule has 1 saturated carbocycles. The minimum absolute atomic E-state index is 0.424. The lowest BCUT2D eigenvalue weighted by Crippen LogP contribution is -2.24. The van der Waals surface area contributed by atoms with Crippen molar-refractivity contribution in [3.05, 3.63) is 0 Å². The van der Waals surface area contributed by atoms with Crippen LogP contribution in [-0.2, 0) is 9.53 Å². The molecule has 1 atom stereocenters. The highest BCUT2D eigenvalue weighted by molar-refractivity contribution is 5.80. The number of ether oxygens (including phenoxy) is 1. The summed E-state index contributed by atoms with van der Waals surface area (Å²) >= 11 is 0. The van der Waals surface area contributed by atoms with E-state index in [4.69, 9.17) is 9.84 Å². The second kappa shape index (κ2) is 5.17. The fraction of sp³-hybridized carbons (Fsp3) is 0.923. The average Bonchev–Trinajstić information content (AvgIpc) is 3.03. The van der Waals surface area contributed by atoms with Gasteiger partial charge in [0.1, 0.15) is 0 Å². The zero-order chi connectivity index (χ0) is 11.4. The predicted octanol–water partition coefficient (Wildman–Crippen LogP) is 2.98. The van der Waals surface area contributed by atoms with Crippen LogP contribution in [-0.4, -0.2) is 23.3 Å². The van der Waals surface area contributed by atoms with E-state index in [0.29, 0.717) is 13.0 Å². The van der Waals surface area contributed by atoms with Crippen molar-refractivity contribution in [2.75, 3.05) is 6.61 Å². The molecule has 1 N–H and O–H groups in total. The van der Waals surface area contributed by atoms with E-state index in [1.165, 1.54) is 44.9 Å². The van der Waals surface area contributed by atoms with Gasteiger partial charge in [-0.25, -0.2) is 4.79 Å². The lowest BCUT2D eigenvalue weighted by Gasteiger charge is -2.14. The van der Waals surface area contributed by atoms with Gasteiger partial charge in [-0.1, -0.05) is 44.9 Å². The van der Waals surface area contributed by atoms with Crippen molar-refractivity contribution in [1.29, 1.82) is 0 Å². The van der Waals surface area contributed by atoms with Crippen LogP contribution in [0, 0.1) is 5.92 Å². The van der Waals surface area contributed by atoms with Crippen LogP contribution in [0.2, 0.25) is 0 Å². The van der Waals surface area contributed by atoms with E-state index < -0.39 is 11.6 Å². The molecule has 2 aliphatic rings. The second-order valence-electron chi connectivity index (χ2n) is 5.34. The Kier molecular flexibility index (Phi) is 3.85. The number of hydrogen-bond donors (Lipinski definition) is 1. The van der Waals surface area contributed by atoms with Gasteiger partial charge in [-0.05, 0) is 18.8 Å². The summed E-state index contributed by atoms with van der Waals surface area (Å²) in [5.74, 6) is 0.0699. The summed E-state index contributed by atoms with van der Waals surface area (Å²) in [6.07, 6.45) is 11.1. The zero-order valence-electron chi connectivity index (χ0n) is 9.91. The first-order valence-electron chi connectivity index (χ1n) is 6.60. The summed E-state index contributed by atoms with van der Waals surface area (Å²) in [6, 6.07) is 0. The molecule has 0 radical (unpaired) electrons. The van der Waals surface area contributed by atoms with Gasteiger partial charge in [0.15, 0.2) is 5.60 Å². The molecule has 0 aromatic rings. The van der Waals surface area contributed by atoms with Gasteiger partial charge in [-0.2, -0.15) is 0 Å². The maximum Gasteiger partial charge on any atom is 0.338 e. The Morgan fingerprint density at radius 3 is 2.38 bits per heavy atom. The molecule has 0 aromatic carbocycles. The molecule has 2 rings (SSSR count). The molecule has 2 fully saturated rings. The molecular weight excluding hydrogens is 204 g/mol. The summed E-state index contributed by atoms with van der Waals surface area (Å²) < 4.78 is 5.07. The van der Waals surface area contributed by atoms with Gasteiger partial charge in [0, 0.05) is 0 Å². The van der Waals surface area contributed by atoms with Crippen LogP contribution in [0.1, 0.15) is 57.8 Å². The molecular formula is C13H22O3. The lowest BCUT2D eigenvalue weighted by atomic mass is 9.92. The van der Waals surface area contributed by atoms with E-state index in [-0.39, 0.29) is 0 Å². The topological polar surface area (TPSA) is 49.8 Å².